The lowest BCUT2D eigenvalue weighted by atomic mass is 10.0. The number of rotatable bonds is 23. The van der Waals surface area contributed by atoms with Crippen molar-refractivity contribution in [2.45, 2.75) is 88.1 Å². The van der Waals surface area contributed by atoms with E-state index < -0.39 is 90.6 Å². The molecule has 0 aliphatic heterocycles. The summed E-state index contributed by atoms with van der Waals surface area (Å²) in [5.41, 5.74) is 12.7. The number of carboxylic acid groups (broad SMARTS) is 2. The van der Waals surface area contributed by atoms with Gasteiger partial charge in [0.2, 0.25) is 29.5 Å². The lowest BCUT2D eigenvalue weighted by Crippen LogP contribution is -2.59. The Labute approximate surface area is 312 Å². The Morgan fingerprint density at radius 3 is 1.72 bits per heavy atom. The Balaban J connectivity index is 2.24. The number of nitrogens with two attached hydrogens (primary N) is 2. The third-order valence-corrected chi connectivity index (χ3v) is 8.43. The fraction of sp³-hybridized carbons (Fsp3) is 0.457. The zero-order valence-corrected chi connectivity index (χ0v) is 30.2. The number of nitrogens with one attached hydrogen (secondary N) is 5. The van der Waals surface area contributed by atoms with Gasteiger partial charge in [-0.3, -0.25) is 28.8 Å². The van der Waals surface area contributed by atoms with E-state index in [2.05, 4.69) is 39.2 Å². The Morgan fingerprint density at radius 2 is 1.17 bits per heavy atom. The van der Waals surface area contributed by atoms with Gasteiger partial charge < -0.3 is 53.4 Å². The smallest absolute Gasteiger partial charge is 0.327 e. The second-order valence-corrected chi connectivity index (χ2v) is 12.7. The van der Waals surface area contributed by atoms with Crippen LogP contribution >= 0.6 is 12.6 Å². The molecule has 0 saturated heterocycles. The summed E-state index contributed by atoms with van der Waals surface area (Å²) in [6.45, 7) is 1.76. The lowest BCUT2D eigenvalue weighted by molar-refractivity contribution is -0.141. The summed E-state index contributed by atoms with van der Waals surface area (Å²) in [6, 6.07) is 6.79. The highest BCUT2D eigenvalue weighted by Gasteiger charge is 2.32. The van der Waals surface area contributed by atoms with Crippen molar-refractivity contribution in [3.63, 3.8) is 0 Å². The Bertz CT molecular complexity index is 1550. The largest absolute Gasteiger partial charge is 0.508 e. The molecule has 0 radical (unpaired) electrons. The number of phenols is 1. The van der Waals surface area contributed by atoms with Gasteiger partial charge in [0.25, 0.3) is 0 Å². The van der Waals surface area contributed by atoms with Crippen molar-refractivity contribution >= 4 is 54.1 Å². The highest BCUT2D eigenvalue weighted by atomic mass is 32.1. The molecule has 290 valence electrons. The monoisotopic (exact) mass is 759 g/mol. The van der Waals surface area contributed by atoms with E-state index in [1.807, 2.05) is 0 Å². The van der Waals surface area contributed by atoms with Crippen LogP contribution in [-0.2, 0) is 46.4 Å². The number of unbranched alkanes of at least 4 members (excludes halogenated alkanes) is 1. The number of benzene rings is 2. The first kappa shape index (κ1) is 44.0. The summed E-state index contributed by atoms with van der Waals surface area (Å²) in [5.74, 6) is -7.03. The maximum atomic E-state index is 13.6. The molecule has 12 N–H and O–H groups in total. The fourth-order valence-electron chi connectivity index (χ4n) is 5.00. The molecule has 0 aliphatic rings. The maximum Gasteiger partial charge on any atom is 0.327 e. The molecule has 0 fully saturated rings. The Kier molecular flexibility index (Phi) is 18.8. The van der Waals surface area contributed by atoms with E-state index in [1.54, 1.807) is 30.3 Å². The van der Waals surface area contributed by atoms with Crippen LogP contribution in [0.3, 0.4) is 0 Å². The highest BCUT2D eigenvalue weighted by molar-refractivity contribution is 7.80. The van der Waals surface area contributed by atoms with Crippen LogP contribution in [0, 0.1) is 0 Å². The minimum atomic E-state index is -1.51. The van der Waals surface area contributed by atoms with E-state index in [4.69, 9.17) is 11.5 Å². The summed E-state index contributed by atoms with van der Waals surface area (Å²) in [6.07, 6.45) is 0.528. The van der Waals surface area contributed by atoms with Crippen LogP contribution in [-0.4, -0.2) is 105 Å². The predicted octanol–water partition coefficient (Wildman–Crippen LogP) is -1.04. The van der Waals surface area contributed by atoms with Crippen LogP contribution in [0.25, 0.3) is 0 Å². The summed E-state index contributed by atoms with van der Waals surface area (Å²) in [4.78, 5) is 89.5. The summed E-state index contributed by atoms with van der Waals surface area (Å²) in [7, 11) is 0. The second kappa shape index (κ2) is 22.7. The number of thiol groups is 1. The van der Waals surface area contributed by atoms with Crippen molar-refractivity contribution < 1.29 is 48.9 Å². The normalized spacial score (nSPS) is 14.3. The molecule has 2 aromatic rings. The average Bonchev–Trinajstić information content (AvgIpc) is 3.12. The fourth-order valence-corrected chi connectivity index (χ4v) is 5.24. The van der Waals surface area contributed by atoms with Gasteiger partial charge in [-0.25, -0.2) is 4.79 Å². The van der Waals surface area contributed by atoms with E-state index in [1.165, 1.54) is 31.2 Å². The molecule has 0 aliphatic carbocycles. The van der Waals surface area contributed by atoms with Gasteiger partial charge in [0.05, 0.1) is 6.04 Å². The number of aliphatic carboxylic acids is 2. The molecule has 18 heteroatoms. The SMILES string of the molecule is CC(NC(=O)C(Cc1ccccc1)NC(=O)C(N)CCCCN)C(=O)NC(CCC(=O)O)C(=O)NC(Cc1ccc(O)cc1)C(=O)NC(CS)C(=O)O. The lowest BCUT2D eigenvalue weighted by Gasteiger charge is -2.26. The summed E-state index contributed by atoms with van der Waals surface area (Å²) in [5, 5.41) is 40.7. The van der Waals surface area contributed by atoms with Crippen LogP contribution in [0.4, 0.5) is 0 Å². The van der Waals surface area contributed by atoms with Gasteiger partial charge in [-0.1, -0.05) is 48.9 Å². The molecule has 5 amide bonds. The minimum Gasteiger partial charge on any atom is -0.508 e. The molecule has 0 spiro atoms. The topological polar surface area (TPSA) is 292 Å². The van der Waals surface area contributed by atoms with Gasteiger partial charge in [-0.05, 0) is 56.0 Å². The second-order valence-electron chi connectivity index (χ2n) is 12.4. The van der Waals surface area contributed by atoms with E-state index >= 15 is 0 Å². The molecule has 0 aromatic heterocycles. The first-order chi connectivity index (χ1) is 25.1. The molecular formula is C35H49N7O10S. The van der Waals surface area contributed by atoms with Crippen LogP contribution < -0.4 is 38.1 Å². The number of carboxylic acids is 2. The van der Waals surface area contributed by atoms with Crippen LogP contribution in [0.5, 0.6) is 5.75 Å². The first-order valence-electron chi connectivity index (χ1n) is 17.0. The molecular weight excluding hydrogens is 710 g/mol. The van der Waals surface area contributed by atoms with E-state index in [0.29, 0.717) is 36.9 Å². The number of hydrogen-bond acceptors (Lipinski definition) is 11. The summed E-state index contributed by atoms with van der Waals surface area (Å²) < 4.78 is 0. The van der Waals surface area contributed by atoms with Crippen molar-refractivity contribution in [3.8, 4) is 5.75 Å². The van der Waals surface area contributed by atoms with Crippen LogP contribution in [0.1, 0.15) is 50.2 Å². The Hall–Kier alpha value is -5.20. The van der Waals surface area contributed by atoms with Crippen molar-refractivity contribution in [1.82, 2.24) is 26.6 Å². The van der Waals surface area contributed by atoms with Gasteiger partial charge in [0.15, 0.2) is 0 Å². The molecule has 53 heavy (non-hydrogen) atoms. The van der Waals surface area contributed by atoms with Gasteiger partial charge in [0, 0.05) is 25.0 Å². The van der Waals surface area contributed by atoms with Gasteiger partial charge in [0.1, 0.15) is 36.0 Å². The van der Waals surface area contributed by atoms with Crippen molar-refractivity contribution in [1.29, 1.82) is 0 Å². The van der Waals surface area contributed by atoms with Crippen molar-refractivity contribution in [2.24, 2.45) is 11.5 Å². The van der Waals surface area contributed by atoms with Gasteiger partial charge in [-0.2, -0.15) is 12.6 Å². The third kappa shape index (κ3) is 15.9. The quantitative estimate of drug-likeness (QED) is 0.0479. The molecule has 6 atom stereocenters. The number of carbonyl (C=O) groups excluding carboxylic acids is 5. The summed E-state index contributed by atoms with van der Waals surface area (Å²) >= 11 is 3.94. The van der Waals surface area contributed by atoms with Crippen LogP contribution in [0.2, 0.25) is 0 Å². The van der Waals surface area contributed by atoms with Gasteiger partial charge >= 0.3 is 11.9 Å². The standard InChI is InChI=1S/C35H49N7O10S/c1-20(38-33(49)26(17-21-7-3-2-4-8-21)40-31(47)24(37)9-5-6-16-36)30(46)39-25(14-15-29(44)45)32(48)41-27(18-22-10-12-23(43)13-11-22)34(50)42-28(19-53)35(51)52/h2-4,7-8,10-13,20,24-28,43,53H,5-6,9,14-19,36-37H2,1H3,(H,38,49)(H,39,46)(H,40,47)(H,41,48)(H,42,50)(H,44,45)(H,51,52). The van der Waals surface area contributed by atoms with Crippen molar-refractivity contribution in [2.75, 3.05) is 12.3 Å². The number of amides is 5. The maximum absolute atomic E-state index is 13.6. The van der Waals surface area contributed by atoms with Crippen LogP contribution in [0.15, 0.2) is 54.6 Å². The number of carbonyl (C=O) groups is 7. The zero-order valence-electron chi connectivity index (χ0n) is 29.3. The molecule has 2 aromatic carbocycles. The van der Waals surface area contributed by atoms with E-state index in [-0.39, 0.29) is 24.3 Å². The van der Waals surface area contributed by atoms with E-state index in [0.717, 1.165) is 0 Å². The van der Waals surface area contributed by atoms with E-state index in [9.17, 15) is 48.9 Å². The minimum absolute atomic E-state index is 0.0619. The molecule has 0 heterocycles. The average molecular weight is 760 g/mol. The number of phenolic OH excluding ortho intramolecular Hbond substituents is 1. The Morgan fingerprint density at radius 1 is 0.660 bits per heavy atom. The van der Waals surface area contributed by atoms with Crippen molar-refractivity contribution in [3.05, 3.63) is 65.7 Å². The molecule has 6 unspecified atom stereocenters. The molecule has 17 nitrogen and oxygen atoms in total. The molecule has 0 bridgehead atoms. The van der Waals surface area contributed by atoms with Gasteiger partial charge in [-0.15, -0.1) is 0 Å². The zero-order chi connectivity index (χ0) is 39.5. The molecule has 0 saturated carbocycles. The third-order valence-electron chi connectivity index (χ3n) is 8.06. The number of hydrogen-bond donors (Lipinski definition) is 11. The predicted molar refractivity (Wildman–Crippen MR) is 197 cm³/mol. The molecule has 2 rings (SSSR count). The number of aromatic hydroxyl groups is 1. The highest BCUT2D eigenvalue weighted by Crippen LogP contribution is 2.13. The first-order valence-corrected chi connectivity index (χ1v) is 17.6.